The summed E-state index contributed by atoms with van der Waals surface area (Å²) in [6, 6.07) is 4.65. The number of alkyl halides is 3. The van der Waals surface area contributed by atoms with Crippen LogP contribution in [0.15, 0.2) is 35.0 Å². The molecule has 2 aromatic heterocycles. The van der Waals surface area contributed by atoms with E-state index in [0.29, 0.717) is 11.5 Å². The van der Waals surface area contributed by atoms with Crippen LogP contribution in [0.25, 0.3) is 22.8 Å². The molecule has 8 heteroatoms. The number of rotatable bonds is 4. The summed E-state index contributed by atoms with van der Waals surface area (Å²) in [4.78, 5) is 4.29. The maximum Gasteiger partial charge on any atom is 0.416 e. The van der Waals surface area contributed by atoms with E-state index in [1.54, 1.807) is 10.9 Å². The van der Waals surface area contributed by atoms with Gasteiger partial charge in [-0.1, -0.05) is 30.6 Å². The molecule has 0 N–H and O–H groups in total. The van der Waals surface area contributed by atoms with E-state index in [2.05, 4.69) is 22.2 Å². The van der Waals surface area contributed by atoms with Gasteiger partial charge in [0.05, 0.1) is 23.0 Å². The van der Waals surface area contributed by atoms with E-state index in [0.717, 1.165) is 36.2 Å². The van der Waals surface area contributed by atoms with E-state index in [1.807, 2.05) is 7.05 Å². The van der Waals surface area contributed by atoms with Crippen molar-refractivity contribution in [1.82, 2.24) is 19.9 Å². The van der Waals surface area contributed by atoms with Gasteiger partial charge in [0.25, 0.3) is 5.89 Å². The van der Waals surface area contributed by atoms with Crippen molar-refractivity contribution in [3.05, 3.63) is 41.7 Å². The van der Waals surface area contributed by atoms with E-state index in [-0.39, 0.29) is 5.82 Å². The van der Waals surface area contributed by atoms with Gasteiger partial charge in [-0.3, -0.25) is 4.68 Å². The molecule has 5 nitrogen and oxygen atoms in total. The van der Waals surface area contributed by atoms with Crippen molar-refractivity contribution in [2.45, 2.75) is 25.9 Å². The van der Waals surface area contributed by atoms with Crippen molar-refractivity contribution in [3.8, 4) is 22.8 Å². The van der Waals surface area contributed by atoms with Gasteiger partial charge in [-0.05, 0) is 18.6 Å². The van der Waals surface area contributed by atoms with Gasteiger partial charge in [-0.15, -0.1) is 0 Å². The van der Waals surface area contributed by atoms with Gasteiger partial charge < -0.3 is 4.52 Å². The molecule has 0 unspecified atom stereocenters. The number of hydrogen-bond donors (Lipinski definition) is 0. The van der Waals surface area contributed by atoms with Gasteiger partial charge in [0.2, 0.25) is 5.82 Å². The number of benzene rings is 1. The molecular formula is C16H15F3N4O. The summed E-state index contributed by atoms with van der Waals surface area (Å²) in [6.07, 6.45) is -0.975. The third-order valence-electron chi connectivity index (χ3n) is 3.68. The Labute approximate surface area is 136 Å². The standard InChI is InChI=1S/C16H15F3N4O/c1-3-4-13-12(9-20-23(13)2)15-21-14(22-24-15)10-5-7-11(8-6-10)16(17,18)19/h5-9H,3-4H2,1-2H3. The quantitative estimate of drug-likeness (QED) is 0.719. The van der Waals surface area contributed by atoms with Crippen LogP contribution in [0.1, 0.15) is 24.6 Å². The highest BCUT2D eigenvalue weighted by atomic mass is 19.4. The van der Waals surface area contributed by atoms with Crippen LogP contribution in [0.4, 0.5) is 13.2 Å². The number of aryl methyl sites for hydroxylation is 1. The van der Waals surface area contributed by atoms with Gasteiger partial charge in [-0.2, -0.15) is 23.3 Å². The fourth-order valence-corrected chi connectivity index (χ4v) is 2.43. The molecule has 1 aromatic carbocycles. The predicted octanol–water partition coefficient (Wildman–Crippen LogP) is 4.11. The minimum absolute atomic E-state index is 0.241. The lowest BCUT2D eigenvalue weighted by atomic mass is 10.1. The Hall–Kier alpha value is -2.64. The lowest BCUT2D eigenvalue weighted by Crippen LogP contribution is -2.04. The van der Waals surface area contributed by atoms with Crippen LogP contribution in [0.5, 0.6) is 0 Å². The van der Waals surface area contributed by atoms with Crippen molar-refractivity contribution in [2.75, 3.05) is 0 Å². The molecule has 126 valence electrons. The molecule has 24 heavy (non-hydrogen) atoms. The van der Waals surface area contributed by atoms with E-state index < -0.39 is 11.7 Å². The second kappa shape index (κ2) is 6.10. The highest BCUT2D eigenvalue weighted by molar-refractivity contribution is 5.61. The van der Waals surface area contributed by atoms with Crippen molar-refractivity contribution in [2.24, 2.45) is 7.05 Å². The second-order valence-electron chi connectivity index (χ2n) is 5.38. The maximum atomic E-state index is 12.6. The Morgan fingerprint density at radius 1 is 1.17 bits per heavy atom. The molecule has 0 aliphatic carbocycles. The largest absolute Gasteiger partial charge is 0.416 e. The molecule has 0 atom stereocenters. The zero-order chi connectivity index (χ0) is 17.3. The monoisotopic (exact) mass is 336 g/mol. The van der Waals surface area contributed by atoms with Crippen LogP contribution in [-0.2, 0) is 19.6 Å². The first-order valence-corrected chi connectivity index (χ1v) is 7.42. The molecule has 0 aliphatic rings. The number of aromatic nitrogens is 4. The first kappa shape index (κ1) is 16.2. The third-order valence-corrected chi connectivity index (χ3v) is 3.68. The molecule has 3 aromatic rings. The Balaban J connectivity index is 1.91. The van der Waals surface area contributed by atoms with Crippen molar-refractivity contribution < 1.29 is 17.7 Å². The summed E-state index contributed by atoms with van der Waals surface area (Å²) in [5.41, 5.74) is 1.46. The average molecular weight is 336 g/mol. The second-order valence-corrected chi connectivity index (χ2v) is 5.38. The molecule has 0 radical (unpaired) electrons. The van der Waals surface area contributed by atoms with E-state index >= 15 is 0 Å². The zero-order valence-electron chi connectivity index (χ0n) is 13.1. The Morgan fingerprint density at radius 3 is 2.50 bits per heavy atom. The SMILES string of the molecule is CCCc1c(-c2nc(-c3ccc(C(F)(F)F)cc3)no2)cnn1C. The zero-order valence-corrected chi connectivity index (χ0v) is 13.1. The Bertz CT molecular complexity index is 834. The highest BCUT2D eigenvalue weighted by Crippen LogP contribution is 2.31. The molecule has 2 heterocycles. The van der Waals surface area contributed by atoms with Gasteiger partial charge in [0, 0.05) is 12.6 Å². The summed E-state index contributed by atoms with van der Waals surface area (Å²) in [6.45, 7) is 2.05. The third kappa shape index (κ3) is 3.04. The number of nitrogens with zero attached hydrogens (tertiary/aromatic N) is 4. The lowest BCUT2D eigenvalue weighted by molar-refractivity contribution is -0.137. The lowest BCUT2D eigenvalue weighted by Gasteiger charge is -2.05. The molecule has 0 amide bonds. The Kier molecular flexibility index (Phi) is 4.13. The summed E-state index contributed by atoms with van der Waals surface area (Å²) >= 11 is 0. The summed E-state index contributed by atoms with van der Waals surface area (Å²) < 4.78 is 44.8. The Morgan fingerprint density at radius 2 is 1.88 bits per heavy atom. The fourth-order valence-electron chi connectivity index (χ4n) is 2.43. The first-order chi connectivity index (χ1) is 11.4. The van der Waals surface area contributed by atoms with Crippen LogP contribution >= 0.6 is 0 Å². The topological polar surface area (TPSA) is 56.7 Å². The van der Waals surface area contributed by atoms with Crippen molar-refractivity contribution >= 4 is 0 Å². The molecule has 3 rings (SSSR count). The molecule has 0 bridgehead atoms. The summed E-state index contributed by atoms with van der Waals surface area (Å²) in [5.74, 6) is 0.548. The van der Waals surface area contributed by atoms with Crippen LogP contribution in [0, 0.1) is 0 Å². The molecule has 0 fully saturated rings. The van der Waals surface area contributed by atoms with Crippen LogP contribution < -0.4 is 0 Å². The molecule has 0 saturated heterocycles. The first-order valence-electron chi connectivity index (χ1n) is 7.42. The van der Waals surface area contributed by atoms with Gasteiger partial charge in [-0.25, -0.2) is 0 Å². The van der Waals surface area contributed by atoms with E-state index in [4.69, 9.17) is 4.52 Å². The van der Waals surface area contributed by atoms with Gasteiger partial charge in [0.15, 0.2) is 0 Å². The average Bonchev–Trinajstić information content (AvgIpc) is 3.15. The predicted molar refractivity (Wildman–Crippen MR) is 80.9 cm³/mol. The van der Waals surface area contributed by atoms with E-state index in [1.165, 1.54) is 12.1 Å². The molecule has 0 saturated carbocycles. The maximum absolute atomic E-state index is 12.6. The fraction of sp³-hybridized carbons (Fsp3) is 0.312. The molecular weight excluding hydrogens is 321 g/mol. The minimum Gasteiger partial charge on any atom is -0.333 e. The molecule has 0 aliphatic heterocycles. The molecule has 0 spiro atoms. The van der Waals surface area contributed by atoms with Gasteiger partial charge >= 0.3 is 6.18 Å². The summed E-state index contributed by atoms with van der Waals surface area (Å²) in [5, 5.41) is 8.06. The van der Waals surface area contributed by atoms with Crippen molar-refractivity contribution in [1.29, 1.82) is 0 Å². The van der Waals surface area contributed by atoms with Gasteiger partial charge in [0.1, 0.15) is 0 Å². The number of halogens is 3. The van der Waals surface area contributed by atoms with Crippen LogP contribution in [-0.4, -0.2) is 19.9 Å². The number of hydrogen-bond acceptors (Lipinski definition) is 4. The normalized spacial score (nSPS) is 11.9. The highest BCUT2D eigenvalue weighted by Gasteiger charge is 2.30. The van der Waals surface area contributed by atoms with E-state index in [9.17, 15) is 13.2 Å². The smallest absolute Gasteiger partial charge is 0.333 e. The van der Waals surface area contributed by atoms with Crippen LogP contribution in [0.3, 0.4) is 0 Å². The van der Waals surface area contributed by atoms with Crippen LogP contribution in [0.2, 0.25) is 0 Å². The minimum atomic E-state index is -4.37. The van der Waals surface area contributed by atoms with Crippen molar-refractivity contribution in [3.63, 3.8) is 0 Å². The summed E-state index contributed by atoms with van der Waals surface area (Å²) in [7, 11) is 1.83.